The van der Waals surface area contributed by atoms with Gasteiger partial charge in [0, 0.05) is 12.2 Å². The molecule has 0 heterocycles. The minimum absolute atomic E-state index is 0.339. The molecule has 2 rings (SSSR count). The maximum absolute atomic E-state index is 13.2. The van der Waals surface area contributed by atoms with Crippen LogP contribution in [0.25, 0.3) is 0 Å². The van der Waals surface area contributed by atoms with E-state index in [0.29, 0.717) is 23.4 Å². The molecule has 0 radical (unpaired) electrons. The number of carbonyl (C=O) groups is 2. The zero-order valence-electron chi connectivity index (χ0n) is 15.7. The number of nitrogens with one attached hydrogen (secondary N) is 2. The predicted molar refractivity (Wildman–Crippen MR) is 102 cm³/mol. The first kappa shape index (κ1) is 22.9. The van der Waals surface area contributed by atoms with Crippen molar-refractivity contribution in [2.75, 3.05) is 11.9 Å². The molecule has 0 saturated heterocycles. The first-order chi connectivity index (χ1) is 14.1. The Balaban J connectivity index is 1.84. The Kier molecular flexibility index (Phi) is 7.57. The molecule has 2 N–H and O–H groups in total. The summed E-state index contributed by atoms with van der Waals surface area (Å²) in [5.41, 5.74) is 0.687. The summed E-state index contributed by atoms with van der Waals surface area (Å²) in [6.45, 7) is 0.950. The van der Waals surface area contributed by atoms with Gasteiger partial charge in [-0.1, -0.05) is 6.07 Å². The number of anilines is 1. The number of rotatable bonds is 8. The van der Waals surface area contributed by atoms with Crippen molar-refractivity contribution in [3.05, 3.63) is 59.7 Å². The number of nitriles is 1. The van der Waals surface area contributed by atoms with Crippen LogP contribution in [0.2, 0.25) is 0 Å². The van der Waals surface area contributed by atoms with Crippen LogP contribution < -0.4 is 10.0 Å². The largest absolute Gasteiger partial charge is 0.452 e. The lowest BCUT2D eigenvalue weighted by Gasteiger charge is -2.14. The molecule has 0 bridgehead atoms. The van der Waals surface area contributed by atoms with Gasteiger partial charge < -0.3 is 10.1 Å². The van der Waals surface area contributed by atoms with E-state index < -0.39 is 51.0 Å². The van der Waals surface area contributed by atoms with E-state index in [0.717, 1.165) is 6.07 Å². The smallest absolute Gasteiger partial charge is 0.307 e. The number of nitrogens with zero attached hydrogens (tertiary/aromatic N) is 1. The Morgan fingerprint density at radius 2 is 1.90 bits per heavy atom. The van der Waals surface area contributed by atoms with Gasteiger partial charge in [0.15, 0.2) is 17.7 Å². The van der Waals surface area contributed by atoms with Crippen LogP contribution in [0.1, 0.15) is 18.9 Å². The van der Waals surface area contributed by atoms with E-state index >= 15 is 0 Å². The van der Waals surface area contributed by atoms with Crippen LogP contribution in [-0.4, -0.2) is 32.9 Å². The second-order valence-electron chi connectivity index (χ2n) is 6.04. The van der Waals surface area contributed by atoms with E-state index in [1.807, 2.05) is 6.07 Å². The molecule has 0 aromatic heterocycles. The Hall–Kier alpha value is -3.36. The Bertz CT molecular complexity index is 1100. The SMILES string of the molecule is CC(OC(=O)CCNS(=O)(=O)c1ccc(F)c(F)c1)C(=O)Nc1cccc(C#N)c1. The van der Waals surface area contributed by atoms with Crippen molar-refractivity contribution in [2.45, 2.75) is 24.3 Å². The number of amides is 1. The zero-order chi connectivity index (χ0) is 22.3. The van der Waals surface area contributed by atoms with E-state index in [1.54, 1.807) is 18.2 Å². The van der Waals surface area contributed by atoms with Gasteiger partial charge in [0.25, 0.3) is 5.91 Å². The third kappa shape index (κ3) is 6.33. The van der Waals surface area contributed by atoms with Gasteiger partial charge in [-0.2, -0.15) is 5.26 Å². The number of sulfonamides is 1. The summed E-state index contributed by atoms with van der Waals surface area (Å²) in [7, 11) is -4.16. The zero-order valence-corrected chi connectivity index (χ0v) is 16.5. The minimum atomic E-state index is -4.16. The maximum Gasteiger partial charge on any atom is 0.307 e. The van der Waals surface area contributed by atoms with Gasteiger partial charge in [-0.25, -0.2) is 21.9 Å². The van der Waals surface area contributed by atoms with Crippen molar-refractivity contribution in [3.63, 3.8) is 0 Å². The number of carbonyl (C=O) groups excluding carboxylic acids is 2. The number of ether oxygens (including phenoxy) is 1. The molecule has 158 valence electrons. The predicted octanol–water partition coefficient (Wildman–Crippen LogP) is 2.08. The van der Waals surface area contributed by atoms with E-state index in [9.17, 15) is 26.8 Å². The number of halogens is 2. The summed E-state index contributed by atoms with van der Waals surface area (Å²) in [6.07, 6.45) is -1.57. The van der Waals surface area contributed by atoms with Gasteiger partial charge in [-0.3, -0.25) is 9.59 Å². The van der Waals surface area contributed by atoms with Crippen LogP contribution in [0.5, 0.6) is 0 Å². The van der Waals surface area contributed by atoms with Crippen molar-refractivity contribution < 1.29 is 31.5 Å². The monoisotopic (exact) mass is 437 g/mol. The first-order valence-corrected chi connectivity index (χ1v) is 10.1. The van der Waals surface area contributed by atoms with Crippen molar-refractivity contribution in [3.8, 4) is 6.07 Å². The van der Waals surface area contributed by atoms with E-state index in [-0.39, 0.29) is 6.54 Å². The van der Waals surface area contributed by atoms with E-state index in [1.165, 1.54) is 13.0 Å². The number of benzene rings is 2. The van der Waals surface area contributed by atoms with Crippen LogP contribution >= 0.6 is 0 Å². The topological polar surface area (TPSA) is 125 Å². The molecule has 0 aliphatic heterocycles. The molecule has 2 aromatic carbocycles. The summed E-state index contributed by atoms with van der Waals surface area (Å²) >= 11 is 0. The summed E-state index contributed by atoms with van der Waals surface area (Å²) in [6, 6.07) is 10.1. The van der Waals surface area contributed by atoms with Crippen LogP contribution in [0.4, 0.5) is 14.5 Å². The highest BCUT2D eigenvalue weighted by atomic mass is 32.2. The Morgan fingerprint density at radius 1 is 1.17 bits per heavy atom. The second kappa shape index (κ2) is 9.91. The number of hydrogen-bond acceptors (Lipinski definition) is 6. The maximum atomic E-state index is 13.2. The third-order valence-corrected chi connectivity index (χ3v) is 5.22. The number of esters is 1. The number of hydrogen-bond donors (Lipinski definition) is 2. The first-order valence-electron chi connectivity index (χ1n) is 8.57. The normalized spacial score (nSPS) is 11.9. The van der Waals surface area contributed by atoms with Crippen molar-refractivity contribution in [1.29, 1.82) is 5.26 Å². The Labute approximate surface area is 171 Å². The van der Waals surface area contributed by atoms with Crippen molar-refractivity contribution >= 4 is 27.6 Å². The van der Waals surface area contributed by atoms with Gasteiger partial charge in [0.05, 0.1) is 22.9 Å². The average molecular weight is 437 g/mol. The molecule has 0 aliphatic carbocycles. The highest BCUT2D eigenvalue weighted by molar-refractivity contribution is 7.89. The molecule has 0 spiro atoms. The van der Waals surface area contributed by atoms with Crippen LogP contribution in [0.15, 0.2) is 47.4 Å². The summed E-state index contributed by atoms with van der Waals surface area (Å²) in [4.78, 5) is 23.4. The lowest BCUT2D eigenvalue weighted by Crippen LogP contribution is -2.32. The summed E-state index contributed by atoms with van der Waals surface area (Å²) in [5.74, 6) is -4.00. The molecule has 0 fully saturated rings. The standard InChI is InChI=1S/C19H17F2N3O5S/c1-12(19(26)24-14-4-2-3-13(9-14)11-22)29-18(25)7-8-23-30(27,28)15-5-6-16(20)17(21)10-15/h2-6,9-10,12,23H,7-8H2,1H3,(H,24,26). The average Bonchev–Trinajstić information content (AvgIpc) is 2.69. The fraction of sp³-hybridized carbons (Fsp3) is 0.211. The second-order valence-corrected chi connectivity index (χ2v) is 7.80. The van der Waals surface area contributed by atoms with Gasteiger partial charge >= 0.3 is 5.97 Å². The lowest BCUT2D eigenvalue weighted by atomic mass is 10.2. The van der Waals surface area contributed by atoms with Crippen molar-refractivity contribution in [1.82, 2.24) is 4.72 Å². The van der Waals surface area contributed by atoms with Gasteiger partial charge in [-0.05, 0) is 43.3 Å². The van der Waals surface area contributed by atoms with Crippen LogP contribution in [0.3, 0.4) is 0 Å². The lowest BCUT2D eigenvalue weighted by molar-refractivity contribution is -0.152. The van der Waals surface area contributed by atoms with Gasteiger partial charge in [0.2, 0.25) is 10.0 Å². The Morgan fingerprint density at radius 3 is 2.57 bits per heavy atom. The fourth-order valence-electron chi connectivity index (χ4n) is 2.23. The molecular formula is C19H17F2N3O5S. The van der Waals surface area contributed by atoms with E-state index in [4.69, 9.17) is 10.00 Å². The van der Waals surface area contributed by atoms with Crippen molar-refractivity contribution in [2.24, 2.45) is 0 Å². The summed E-state index contributed by atoms with van der Waals surface area (Å²) < 4.78 is 57.1. The van der Waals surface area contributed by atoms with Crippen LogP contribution in [-0.2, 0) is 24.3 Å². The third-order valence-electron chi connectivity index (χ3n) is 3.76. The molecule has 11 heteroatoms. The highest BCUT2D eigenvalue weighted by Crippen LogP contribution is 2.14. The summed E-state index contributed by atoms with van der Waals surface area (Å²) in [5, 5.41) is 11.3. The molecule has 1 unspecified atom stereocenters. The molecule has 1 atom stereocenters. The molecule has 2 aromatic rings. The fourth-order valence-corrected chi connectivity index (χ4v) is 3.28. The minimum Gasteiger partial charge on any atom is -0.452 e. The molecule has 0 aliphatic rings. The molecular weight excluding hydrogens is 420 g/mol. The van der Waals surface area contributed by atoms with E-state index in [2.05, 4.69) is 10.0 Å². The van der Waals surface area contributed by atoms with Crippen LogP contribution in [0, 0.1) is 23.0 Å². The molecule has 30 heavy (non-hydrogen) atoms. The van der Waals surface area contributed by atoms with Gasteiger partial charge in [-0.15, -0.1) is 0 Å². The quantitative estimate of drug-likeness (QED) is 0.609. The molecule has 8 nitrogen and oxygen atoms in total. The molecule has 0 saturated carbocycles. The highest BCUT2D eigenvalue weighted by Gasteiger charge is 2.20. The molecule has 1 amide bonds. The van der Waals surface area contributed by atoms with Gasteiger partial charge in [0.1, 0.15) is 0 Å².